The first-order valence-electron chi connectivity index (χ1n) is 6.29. The Labute approximate surface area is 113 Å². The Kier molecular flexibility index (Phi) is 3.82. The lowest BCUT2D eigenvalue weighted by Crippen LogP contribution is -2.54. The number of nitrogen functional groups attached to an aromatic ring is 1. The van der Waals surface area contributed by atoms with Gasteiger partial charge in [0.2, 0.25) is 5.88 Å². The standard InChI is InChI=1S/C13H21N3O3/c1-13(2)8-16(6-9(7-17)19-13)12-10(14)4-5-11(15-12)18-3/h4-5,9,17H,6-8,14H2,1-3H3. The third kappa shape index (κ3) is 3.08. The maximum absolute atomic E-state index is 9.33. The van der Waals surface area contributed by atoms with Crippen LogP contribution in [-0.4, -0.2) is 48.6 Å². The van der Waals surface area contributed by atoms with Crippen LogP contribution in [-0.2, 0) is 4.74 Å². The lowest BCUT2D eigenvalue weighted by atomic mass is 10.1. The van der Waals surface area contributed by atoms with E-state index in [2.05, 4.69) is 4.98 Å². The second kappa shape index (κ2) is 5.22. The molecule has 3 N–H and O–H groups in total. The van der Waals surface area contributed by atoms with Gasteiger partial charge in [-0.3, -0.25) is 0 Å². The van der Waals surface area contributed by atoms with Gasteiger partial charge in [0.1, 0.15) is 0 Å². The summed E-state index contributed by atoms with van der Waals surface area (Å²) in [5.41, 5.74) is 6.22. The van der Waals surface area contributed by atoms with E-state index in [1.807, 2.05) is 18.7 Å². The van der Waals surface area contributed by atoms with Gasteiger partial charge >= 0.3 is 0 Å². The fourth-order valence-electron chi connectivity index (χ4n) is 2.36. The molecule has 0 aromatic carbocycles. The van der Waals surface area contributed by atoms with Gasteiger partial charge in [-0.15, -0.1) is 0 Å². The zero-order valence-corrected chi connectivity index (χ0v) is 11.6. The predicted octanol–water partition coefficient (Wildman–Crippen LogP) is 0.648. The van der Waals surface area contributed by atoms with E-state index < -0.39 is 0 Å². The van der Waals surface area contributed by atoms with Crippen LogP contribution in [0.1, 0.15) is 13.8 Å². The molecule has 1 aliphatic heterocycles. The van der Waals surface area contributed by atoms with Crippen LogP contribution in [0.2, 0.25) is 0 Å². The monoisotopic (exact) mass is 267 g/mol. The molecule has 19 heavy (non-hydrogen) atoms. The second-order valence-corrected chi connectivity index (χ2v) is 5.33. The van der Waals surface area contributed by atoms with Crippen molar-refractivity contribution >= 4 is 11.5 Å². The molecular weight excluding hydrogens is 246 g/mol. The van der Waals surface area contributed by atoms with Crippen molar-refractivity contribution in [3.8, 4) is 5.88 Å². The van der Waals surface area contributed by atoms with Gasteiger partial charge in [0.05, 0.1) is 31.1 Å². The highest BCUT2D eigenvalue weighted by Crippen LogP contribution is 2.29. The molecule has 0 saturated carbocycles. The first-order valence-corrected chi connectivity index (χ1v) is 6.29. The highest BCUT2D eigenvalue weighted by molar-refractivity contribution is 5.64. The molecule has 1 unspecified atom stereocenters. The Morgan fingerprint density at radius 1 is 1.58 bits per heavy atom. The Morgan fingerprint density at radius 2 is 2.32 bits per heavy atom. The van der Waals surface area contributed by atoms with Crippen LogP contribution in [0, 0.1) is 0 Å². The fourth-order valence-corrected chi connectivity index (χ4v) is 2.36. The van der Waals surface area contributed by atoms with Crippen LogP contribution < -0.4 is 15.4 Å². The number of anilines is 2. The van der Waals surface area contributed by atoms with E-state index in [4.69, 9.17) is 15.2 Å². The van der Waals surface area contributed by atoms with Crippen molar-refractivity contribution in [2.45, 2.75) is 25.6 Å². The van der Waals surface area contributed by atoms with Gasteiger partial charge in [0, 0.05) is 19.2 Å². The van der Waals surface area contributed by atoms with Crippen molar-refractivity contribution in [2.24, 2.45) is 0 Å². The van der Waals surface area contributed by atoms with Crippen molar-refractivity contribution in [1.82, 2.24) is 4.98 Å². The van der Waals surface area contributed by atoms with Gasteiger partial charge in [0.25, 0.3) is 0 Å². The highest BCUT2D eigenvalue weighted by Gasteiger charge is 2.34. The number of rotatable bonds is 3. The Morgan fingerprint density at radius 3 is 2.95 bits per heavy atom. The molecule has 1 aliphatic rings. The summed E-state index contributed by atoms with van der Waals surface area (Å²) in [4.78, 5) is 6.42. The molecule has 0 aliphatic carbocycles. The van der Waals surface area contributed by atoms with E-state index in [-0.39, 0.29) is 18.3 Å². The average molecular weight is 267 g/mol. The molecule has 6 nitrogen and oxygen atoms in total. The van der Waals surface area contributed by atoms with Crippen LogP contribution in [0.5, 0.6) is 5.88 Å². The summed E-state index contributed by atoms with van der Waals surface area (Å²) in [5.74, 6) is 1.20. The Bertz CT molecular complexity index is 451. The molecule has 0 radical (unpaired) electrons. The highest BCUT2D eigenvalue weighted by atomic mass is 16.5. The fraction of sp³-hybridized carbons (Fsp3) is 0.615. The Balaban J connectivity index is 2.29. The van der Waals surface area contributed by atoms with Gasteiger partial charge in [-0.25, -0.2) is 0 Å². The minimum atomic E-state index is -0.358. The van der Waals surface area contributed by atoms with Crippen molar-refractivity contribution < 1.29 is 14.6 Å². The summed E-state index contributed by atoms with van der Waals surface area (Å²) >= 11 is 0. The number of aliphatic hydroxyl groups excluding tert-OH is 1. The molecule has 106 valence electrons. The zero-order chi connectivity index (χ0) is 14.0. The second-order valence-electron chi connectivity index (χ2n) is 5.33. The summed E-state index contributed by atoms with van der Waals surface area (Å²) in [6.45, 7) is 5.17. The summed E-state index contributed by atoms with van der Waals surface area (Å²) in [5, 5.41) is 9.33. The van der Waals surface area contributed by atoms with Crippen molar-refractivity contribution in [2.75, 3.05) is 37.4 Å². The van der Waals surface area contributed by atoms with Crippen LogP contribution in [0.25, 0.3) is 0 Å². The number of ether oxygens (including phenoxy) is 2. The number of aromatic nitrogens is 1. The van der Waals surface area contributed by atoms with Gasteiger partial charge in [-0.2, -0.15) is 4.98 Å². The summed E-state index contributed by atoms with van der Waals surface area (Å²) < 4.78 is 10.9. The number of aliphatic hydroxyl groups is 1. The van der Waals surface area contributed by atoms with Gasteiger partial charge in [0.15, 0.2) is 5.82 Å². The normalized spacial score (nSPS) is 22.3. The topological polar surface area (TPSA) is 80.8 Å². The first-order chi connectivity index (χ1) is 8.95. The van der Waals surface area contributed by atoms with E-state index in [1.165, 1.54) is 0 Å². The average Bonchev–Trinajstić information content (AvgIpc) is 2.37. The third-order valence-electron chi connectivity index (χ3n) is 3.07. The van der Waals surface area contributed by atoms with E-state index in [0.29, 0.717) is 30.5 Å². The Hall–Kier alpha value is -1.53. The predicted molar refractivity (Wildman–Crippen MR) is 73.5 cm³/mol. The minimum absolute atomic E-state index is 0.0240. The van der Waals surface area contributed by atoms with Crippen LogP contribution in [0.15, 0.2) is 12.1 Å². The molecule has 0 spiro atoms. The number of morpholine rings is 1. The lowest BCUT2D eigenvalue weighted by Gasteiger charge is -2.43. The zero-order valence-electron chi connectivity index (χ0n) is 11.6. The molecule has 1 atom stereocenters. The molecule has 2 heterocycles. The van der Waals surface area contributed by atoms with E-state index in [0.717, 1.165) is 0 Å². The molecule has 2 rings (SSSR count). The maximum atomic E-state index is 9.33. The molecule has 1 aromatic rings. The summed E-state index contributed by atoms with van der Waals surface area (Å²) in [6, 6.07) is 3.51. The smallest absolute Gasteiger partial charge is 0.215 e. The number of pyridine rings is 1. The largest absolute Gasteiger partial charge is 0.481 e. The molecule has 1 fully saturated rings. The number of nitrogens with zero attached hydrogens (tertiary/aromatic N) is 2. The van der Waals surface area contributed by atoms with E-state index in [9.17, 15) is 5.11 Å². The minimum Gasteiger partial charge on any atom is -0.481 e. The SMILES string of the molecule is COc1ccc(N)c(N2CC(CO)OC(C)(C)C2)n1. The maximum Gasteiger partial charge on any atom is 0.215 e. The summed E-state index contributed by atoms with van der Waals surface area (Å²) in [7, 11) is 1.57. The number of hydrogen-bond acceptors (Lipinski definition) is 6. The first kappa shape index (κ1) is 13.9. The van der Waals surface area contributed by atoms with E-state index >= 15 is 0 Å². The van der Waals surface area contributed by atoms with Crippen molar-refractivity contribution in [3.05, 3.63) is 12.1 Å². The van der Waals surface area contributed by atoms with Crippen LogP contribution >= 0.6 is 0 Å². The van der Waals surface area contributed by atoms with Gasteiger partial charge in [-0.05, 0) is 19.9 Å². The number of hydrogen-bond donors (Lipinski definition) is 2. The quantitative estimate of drug-likeness (QED) is 0.837. The molecule has 1 saturated heterocycles. The third-order valence-corrected chi connectivity index (χ3v) is 3.07. The number of methoxy groups -OCH3 is 1. The van der Waals surface area contributed by atoms with Gasteiger partial charge in [-0.1, -0.05) is 0 Å². The summed E-state index contributed by atoms with van der Waals surface area (Å²) in [6.07, 6.45) is -0.240. The molecule has 0 amide bonds. The number of nitrogens with two attached hydrogens (primary N) is 1. The van der Waals surface area contributed by atoms with Gasteiger partial charge < -0.3 is 25.2 Å². The lowest BCUT2D eigenvalue weighted by molar-refractivity contribution is -0.101. The van der Waals surface area contributed by atoms with Crippen molar-refractivity contribution in [1.29, 1.82) is 0 Å². The van der Waals surface area contributed by atoms with Crippen LogP contribution in [0.4, 0.5) is 11.5 Å². The van der Waals surface area contributed by atoms with E-state index in [1.54, 1.807) is 19.2 Å². The molecular formula is C13H21N3O3. The van der Waals surface area contributed by atoms with Crippen molar-refractivity contribution in [3.63, 3.8) is 0 Å². The molecule has 0 bridgehead atoms. The molecule has 1 aromatic heterocycles. The molecule has 6 heteroatoms. The van der Waals surface area contributed by atoms with Crippen LogP contribution in [0.3, 0.4) is 0 Å².